The average molecular weight is 345 g/mol. The molecule has 0 fully saturated rings. The molecule has 0 aliphatic heterocycles. The molecule has 0 radical (unpaired) electrons. The zero-order valence-corrected chi connectivity index (χ0v) is 14.9. The standard InChI is InChI=1S/C20H19N5O/c1-4-17(26)16-5-11(2)15(9-22-16)14-6-12-8-23-18(21)7-13(12)20-19(14)24-10-25(20)3/h5-10H,4H2,1-3H3,(H2,21,23). The molecule has 3 aromatic heterocycles. The fraction of sp³-hybridized carbons (Fsp3) is 0.200. The van der Waals surface area contributed by atoms with Gasteiger partial charge in [-0.05, 0) is 30.7 Å². The molecule has 0 atom stereocenters. The van der Waals surface area contributed by atoms with Gasteiger partial charge in [-0.15, -0.1) is 0 Å². The molecular weight excluding hydrogens is 326 g/mol. The van der Waals surface area contributed by atoms with Crippen molar-refractivity contribution in [2.45, 2.75) is 20.3 Å². The fourth-order valence-electron chi connectivity index (χ4n) is 3.35. The van der Waals surface area contributed by atoms with Crippen molar-refractivity contribution in [3.8, 4) is 11.1 Å². The Morgan fingerprint density at radius 3 is 2.65 bits per heavy atom. The summed E-state index contributed by atoms with van der Waals surface area (Å²) in [5.74, 6) is 0.522. The Morgan fingerprint density at radius 2 is 1.92 bits per heavy atom. The number of ketones is 1. The monoisotopic (exact) mass is 345 g/mol. The quantitative estimate of drug-likeness (QED) is 0.573. The molecule has 4 aromatic rings. The second kappa shape index (κ2) is 5.91. The van der Waals surface area contributed by atoms with Gasteiger partial charge in [-0.1, -0.05) is 6.92 Å². The number of pyridine rings is 2. The Morgan fingerprint density at radius 1 is 1.12 bits per heavy atom. The first-order valence-electron chi connectivity index (χ1n) is 8.49. The van der Waals surface area contributed by atoms with E-state index in [9.17, 15) is 4.79 Å². The van der Waals surface area contributed by atoms with Crippen LogP contribution in [0.2, 0.25) is 0 Å². The van der Waals surface area contributed by atoms with E-state index < -0.39 is 0 Å². The van der Waals surface area contributed by atoms with Gasteiger partial charge in [0, 0.05) is 47.8 Å². The molecule has 1 aromatic carbocycles. The van der Waals surface area contributed by atoms with Crippen LogP contribution in [0.4, 0.5) is 5.82 Å². The van der Waals surface area contributed by atoms with Crippen LogP contribution in [-0.2, 0) is 7.05 Å². The van der Waals surface area contributed by atoms with Crippen molar-refractivity contribution in [2.24, 2.45) is 7.05 Å². The number of hydrogen-bond donors (Lipinski definition) is 1. The predicted octanol–water partition coefficient (Wildman–Crippen LogP) is 3.67. The number of benzene rings is 1. The van der Waals surface area contributed by atoms with E-state index in [1.807, 2.05) is 37.6 Å². The number of aromatic nitrogens is 4. The fourth-order valence-corrected chi connectivity index (χ4v) is 3.35. The molecule has 0 aliphatic rings. The number of carbonyl (C=O) groups excluding carboxylic acids is 1. The normalized spacial score (nSPS) is 11.3. The smallest absolute Gasteiger partial charge is 0.180 e. The van der Waals surface area contributed by atoms with Crippen molar-refractivity contribution in [1.29, 1.82) is 0 Å². The van der Waals surface area contributed by atoms with Crippen LogP contribution in [0.25, 0.3) is 32.9 Å². The van der Waals surface area contributed by atoms with Gasteiger partial charge in [0.25, 0.3) is 0 Å². The highest BCUT2D eigenvalue weighted by molar-refractivity contribution is 6.11. The summed E-state index contributed by atoms with van der Waals surface area (Å²) in [5.41, 5.74) is 11.2. The lowest BCUT2D eigenvalue weighted by molar-refractivity contribution is 0.0983. The summed E-state index contributed by atoms with van der Waals surface area (Å²) in [6.07, 6.45) is 5.78. The molecule has 26 heavy (non-hydrogen) atoms. The molecule has 4 rings (SSSR count). The van der Waals surface area contributed by atoms with Crippen molar-refractivity contribution in [1.82, 2.24) is 19.5 Å². The third-order valence-corrected chi connectivity index (χ3v) is 4.71. The lowest BCUT2D eigenvalue weighted by atomic mass is 9.97. The van der Waals surface area contributed by atoms with Gasteiger partial charge < -0.3 is 10.3 Å². The molecule has 6 heteroatoms. The van der Waals surface area contributed by atoms with E-state index in [-0.39, 0.29) is 5.78 Å². The summed E-state index contributed by atoms with van der Waals surface area (Å²) < 4.78 is 1.98. The summed E-state index contributed by atoms with van der Waals surface area (Å²) in [4.78, 5) is 25.1. The number of hydrogen-bond acceptors (Lipinski definition) is 5. The summed E-state index contributed by atoms with van der Waals surface area (Å²) in [7, 11) is 1.96. The molecule has 0 saturated carbocycles. The van der Waals surface area contributed by atoms with Crippen LogP contribution in [0.5, 0.6) is 0 Å². The minimum absolute atomic E-state index is 0.0424. The van der Waals surface area contributed by atoms with Gasteiger partial charge in [0.2, 0.25) is 0 Å². The topological polar surface area (TPSA) is 86.7 Å². The Balaban J connectivity index is 2.02. The van der Waals surface area contributed by atoms with Crippen molar-refractivity contribution >= 4 is 33.4 Å². The van der Waals surface area contributed by atoms with Crippen LogP contribution in [0, 0.1) is 6.92 Å². The highest BCUT2D eigenvalue weighted by atomic mass is 16.1. The minimum atomic E-state index is 0.0424. The number of Topliss-reactive ketones (excluding diaryl/α,β-unsaturated/α-hetero) is 1. The Labute approximate surface area is 150 Å². The number of aryl methyl sites for hydroxylation is 2. The van der Waals surface area contributed by atoms with Gasteiger partial charge in [0.1, 0.15) is 11.5 Å². The van der Waals surface area contributed by atoms with E-state index in [1.54, 1.807) is 18.7 Å². The van der Waals surface area contributed by atoms with Crippen molar-refractivity contribution in [3.63, 3.8) is 0 Å². The molecule has 0 saturated heterocycles. The van der Waals surface area contributed by atoms with Gasteiger partial charge in [-0.25, -0.2) is 9.97 Å². The molecular formula is C20H19N5O. The van der Waals surface area contributed by atoms with Gasteiger partial charge >= 0.3 is 0 Å². The highest BCUT2D eigenvalue weighted by Gasteiger charge is 2.16. The molecule has 0 aliphatic carbocycles. The van der Waals surface area contributed by atoms with Gasteiger partial charge in [0.05, 0.1) is 17.4 Å². The van der Waals surface area contributed by atoms with E-state index in [4.69, 9.17) is 5.73 Å². The number of rotatable bonds is 3. The number of nitrogens with zero attached hydrogens (tertiary/aromatic N) is 4. The number of carbonyl (C=O) groups is 1. The second-order valence-electron chi connectivity index (χ2n) is 6.47. The Hall–Kier alpha value is -3.28. The summed E-state index contributed by atoms with van der Waals surface area (Å²) in [5, 5.41) is 2.00. The third-order valence-electron chi connectivity index (χ3n) is 4.71. The maximum atomic E-state index is 11.9. The number of imidazole rings is 1. The van der Waals surface area contributed by atoms with E-state index in [2.05, 4.69) is 21.0 Å². The first-order valence-corrected chi connectivity index (χ1v) is 8.49. The lowest BCUT2D eigenvalue weighted by Gasteiger charge is -2.11. The number of nitrogens with two attached hydrogens (primary N) is 1. The molecule has 0 unspecified atom stereocenters. The molecule has 0 bridgehead atoms. The SMILES string of the molecule is CCC(=O)c1cc(C)c(-c2cc3cnc(N)cc3c3c2ncn3C)cn1. The molecule has 0 spiro atoms. The Kier molecular flexibility index (Phi) is 3.68. The molecule has 3 heterocycles. The van der Waals surface area contributed by atoms with Gasteiger partial charge in [0.15, 0.2) is 5.78 Å². The number of fused-ring (bicyclic) bond motifs is 3. The zero-order valence-electron chi connectivity index (χ0n) is 14.9. The summed E-state index contributed by atoms with van der Waals surface area (Å²) in [6.45, 7) is 3.83. The highest BCUT2D eigenvalue weighted by Crippen LogP contribution is 2.35. The maximum absolute atomic E-state index is 11.9. The number of nitrogen functional groups attached to an aromatic ring is 1. The lowest BCUT2D eigenvalue weighted by Crippen LogP contribution is -2.01. The molecule has 6 nitrogen and oxygen atoms in total. The zero-order chi connectivity index (χ0) is 18.4. The predicted molar refractivity (Wildman–Crippen MR) is 103 cm³/mol. The van der Waals surface area contributed by atoms with Crippen LogP contribution in [0.1, 0.15) is 29.4 Å². The first kappa shape index (κ1) is 16.2. The third kappa shape index (κ3) is 2.42. The van der Waals surface area contributed by atoms with E-state index in [0.29, 0.717) is 17.9 Å². The maximum Gasteiger partial charge on any atom is 0.180 e. The van der Waals surface area contributed by atoms with Crippen molar-refractivity contribution in [3.05, 3.63) is 48.2 Å². The first-order chi connectivity index (χ1) is 12.5. The van der Waals surface area contributed by atoms with Crippen LogP contribution in [-0.4, -0.2) is 25.3 Å². The van der Waals surface area contributed by atoms with E-state index in [0.717, 1.165) is 38.5 Å². The van der Waals surface area contributed by atoms with Gasteiger partial charge in [-0.2, -0.15) is 0 Å². The van der Waals surface area contributed by atoms with Crippen LogP contribution >= 0.6 is 0 Å². The molecule has 2 N–H and O–H groups in total. The molecule has 130 valence electrons. The van der Waals surface area contributed by atoms with E-state index in [1.165, 1.54) is 0 Å². The average Bonchev–Trinajstić information content (AvgIpc) is 3.03. The van der Waals surface area contributed by atoms with Gasteiger partial charge in [-0.3, -0.25) is 9.78 Å². The van der Waals surface area contributed by atoms with E-state index >= 15 is 0 Å². The second-order valence-corrected chi connectivity index (χ2v) is 6.47. The largest absolute Gasteiger partial charge is 0.384 e. The summed E-state index contributed by atoms with van der Waals surface area (Å²) >= 11 is 0. The number of anilines is 1. The Bertz CT molecular complexity index is 1180. The van der Waals surface area contributed by atoms with Crippen molar-refractivity contribution in [2.75, 3.05) is 5.73 Å². The molecule has 0 amide bonds. The van der Waals surface area contributed by atoms with Crippen LogP contribution in [0.15, 0.2) is 36.9 Å². The van der Waals surface area contributed by atoms with Crippen LogP contribution < -0.4 is 5.73 Å². The summed E-state index contributed by atoms with van der Waals surface area (Å²) in [6, 6.07) is 5.78. The van der Waals surface area contributed by atoms with Crippen LogP contribution in [0.3, 0.4) is 0 Å². The van der Waals surface area contributed by atoms with Crippen molar-refractivity contribution < 1.29 is 4.79 Å². The minimum Gasteiger partial charge on any atom is -0.384 e.